The zero-order chi connectivity index (χ0) is 17.1. The van der Waals surface area contributed by atoms with Crippen LogP contribution in [0.5, 0.6) is 0 Å². The Morgan fingerprint density at radius 2 is 2.00 bits per heavy atom. The molecule has 2 rings (SSSR count). The van der Waals surface area contributed by atoms with E-state index in [0.29, 0.717) is 21.7 Å². The Hall–Kier alpha value is -2.58. The van der Waals surface area contributed by atoms with Crippen LogP contribution in [0.3, 0.4) is 0 Å². The van der Waals surface area contributed by atoms with E-state index in [1.54, 1.807) is 38.1 Å². The molecule has 6 heteroatoms. The van der Waals surface area contributed by atoms with Crippen LogP contribution in [0.2, 0.25) is 5.02 Å². The van der Waals surface area contributed by atoms with E-state index in [0.717, 1.165) is 0 Å². The fourth-order valence-electron chi connectivity index (χ4n) is 2.47. The number of carbonyl (C=O) groups is 1. The van der Waals surface area contributed by atoms with Gasteiger partial charge in [-0.3, -0.25) is 4.79 Å². The van der Waals surface area contributed by atoms with Gasteiger partial charge in [0.2, 0.25) is 0 Å². The van der Waals surface area contributed by atoms with Crippen LogP contribution >= 0.6 is 11.6 Å². The van der Waals surface area contributed by atoms with E-state index in [-0.39, 0.29) is 5.92 Å². The molecule has 2 aromatic rings. The summed E-state index contributed by atoms with van der Waals surface area (Å²) >= 11 is 5.96. The molecular formula is C17H15ClN2O3. The summed E-state index contributed by atoms with van der Waals surface area (Å²) in [7, 11) is 0. The monoisotopic (exact) mass is 330 g/mol. The van der Waals surface area contributed by atoms with Gasteiger partial charge in [-0.25, -0.2) is 4.79 Å². The number of carboxylic acids is 1. The minimum Gasteiger partial charge on any atom is -0.480 e. The zero-order valence-corrected chi connectivity index (χ0v) is 13.4. The van der Waals surface area contributed by atoms with Crippen molar-refractivity contribution in [2.24, 2.45) is 5.92 Å². The molecule has 0 saturated heterocycles. The molecule has 1 heterocycles. The van der Waals surface area contributed by atoms with Crippen molar-refractivity contribution in [3.63, 3.8) is 0 Å². The number of nitriles is 1. The lowest BCUT2D eigenvalue weighted by Gasteiger charge is -2.19. The molecule has 5 nitrogen and oxygen atoms in total. The molecule has 0 amide bonds. The first-order valence-corrected chi connectivity index (χ1v) is 7.38. The zero-order valence-electron chi connectivity index (χ0n) is 12.7. The standard InChI is InChI=1S/C17H15ClN2O3/c1-10(2)16(17(22)23)20-6-5-11(7-15(20)21)14-8-13(18)4-3-12(14)9-19/h3-8,10,16H,1-2H3,(H,22,23). The lowest BCUT2D eigenvalue weighted by molar-refractivity contribution is -0.142. The summed E-state index contributed by atoms with van der Waals surface area (Å²) in [4.78, 5) is 23.7. The van der Waals surface area contributed by atoms with Gasteiger partial charge in [0.25, 0.3) is 5.56 Å². The molecule has 1 aromatic carbocycles. The van der Waals surface area contributed by atoms with Crippen LogP contribution in [-0.4, -0.2) is 15.6 Å². The molecule has 0 bridgehead atoms. The first kappa shape index (κ1) is 16.8. The van der Waals surface area contributed by atoms with Crippen molar-refractivity contribution in [3.05, 3.63) is 57.5 Å². The average molecular weight is 331 g/mol. The van der Waals surface area contributed by atoms with Crippen molar-refractivity contribution < 1.29 is 9.90 Å². The van der Waals surface area contributed by atoms with Crippen LogP contribution in [0, 0.1) is 17.2 Å². The number of halogens is 1. The van der Waals surface area contributed by atoms with Crippen molar-refractivity contribution in [1.29, 1.82) is 5.26 Å². The number of aromatic nitrogens is 1. The average Bonchev–Trinajstić information content (AvgIpc) is 2.48. The van der Waals surface area contributed by atoms with E-state index in [1.165, 1.54) is 16.8 Å². The quantitative estimate of drug-likeness (QED) is 0.932. The lowest BCUT2D eigenvalue weighted by Crippen LogP contribution is -2.32. The Morgan fingerprint density at radius 3 is 2.52 bits per heavy atom. The SMILES string of the molecule is CC(C)C(C(=O)O)n1ccc(-c2cc(Cl)ccc2C#N)cc1=O. The Kier molecular flexibility index (Phi) is 4.87. The van der Waals surface area contributed by atoms with Gasteiger partial charge < -0.3 is 9.67 Å². The van der Waals surface area contributed by atoms with Gasteiger partial charge in [0, 0.05) is 22.8 Å². The van der Waals surface area contributed by atoms with Crippen LogP contribution in [-0.2, 0) is 4.79 Å². The molecular weight excluding hydrogens is 316 g/mol. The number of pyridine rings is 1. The van der Waals surface area contributed by atoms with Gasteiger partial charge in [-0.05, 0) is 35.7 Å². The number of hydrogen-bond acceptors (Lipinski definition) is 3. The van der Waals surface area contributed by atoms with Crippen molar-refractivity contribution in [2.75, 3.05) is 0 Å². The molecule has 1 unspecified atom stereocenters. The summed E-state index contributed by atoms with van der Waals surface area (Å²) in [5, 5.41) is 18.9. The van der Waals surface area contributed by atoms with Crippen molar-refractivity contribution in [2.45, 2.75) is 19.9 Å². The lowest BCUT2D eigenvalue weighted by atomic mass is 10.0. The third kappa shape index (κ3) is 3.43. The van der Waals surface area contributed by atoms with Gasteiger partial charge in [0.05, 0.1) is 11.6 Å². The first-order chi connectivity index (χ1) is 10.8. The molecule has 0 aliphatic heterocycles. The number of nitrogens with zero attached hydrogens (tertiary/aromatic N) is 2. The number of rotatable bonds is 4. The summed E-state index contributed by atoms with van der Waals surface area (Å²) in [6.07, 6.45) is 1.44. The van der Waals surface area contributed by atoms with Crippen LogP contribution in [0.4, 0.5) is 0 Å². The Labute approximate surface area is 138 Å². The number of carboxylic acid groups (broad SMARTS) is 1. The highest BCUT2D eigenvalue weighted by molar-refractivity contribution is 6.30. The third-order valence-corrected chi connectivity index (χ3v) is 3.78. The van der Waals surface area contributed by atoms with Crippen molar-refractivity contribution in [1.82, 2.24) is 4.57 Å². The second-order valence-electron chi connectivity index (χ2n) is 5.49. The van der Waals surface area contributed by atoms with Gasteiger partial charge in [-0.2, -0.15) is 5.26 Å². The van der Waals surface area contributed by atoms with Gasteiger partial charge in [0.15, 0.2) is 0 Å². The summed E-state index contributed by atoms with van der Waals surface area (Å²) in [5.41, 5.74) is 1.02. The predicted octanol–water partition coefficient (Wildman–Crippen LogP) is 3.32. The topological polar surface area (TPSA) is 83.1 Å². The minimum absolute atomic E-state index is 0.239. The largest absolute Gasteiger partial charge is 0.480 e. The third-order valence-electron chi connectivity index (χ3n) is 3.55. The Balaban J connectivity index is 2.57. The molecule has 0 aliphatic carbocycles. The van der Waals surface area contributed by atoms with Gasteiger partial charge in [-0.1, -0.05) is 25.4 Å². The number of aliphatic carboxylic acids is 1. The summed E-state index contributed by atoms with van der Waals surface area (Å²) in [5.74, 6) is -1.30. The highest BCUT2D eigenvalue weighted by atomic mass is 35.5. The molecule has 0 aliphatic rings. The van der Waals surface area contributed by atoms with Crippen LogP contribution in [0.25, 0.3) is 11.1 Å². The van der Waals surface area contributed by atoms with Gasteiger partial charge >= 0.3 is 5.97 Å². The summed E-state index contributed by atoms with van der Waals surface area (Å²) in [6.45, 7) is 3.48. The maximum Gasteiger partial charge on any atom is 0.327 e. The maximum atomic E-state index is 12.3. The summed E-state index contributed by atoms with van der Waals surface area (Å²) < 4.78 is 1.19. The molecule has 0 spiro atoms. The molecule has 118 valence electrons. The minimum atomic E-state index is -1.06. The van der Waals surface area contributed by atoms with Crippen LogP contribution in [0.1, 0.15) is 25.5 Å². The van der Waals surface area contributed by atoms with Gasteiger partial charge in [0.1, 0.15) is 6.04 Å². The van der Waals surface area contributed by atoms with Crippen molar-refractivity contribution >= 4 is 17.6 Å². The van der Waals surface area contributed by atoms with Crippen LogP contribution < -0.4 is 5.56 Å². The highest BCUT2D eigenvalue weighted by Gasteiger charge is 2.24. The molecule has 0 saturated carbocycles. The second kappa shape index (κ2) is 6.67. The van der Waals surface area contributed by atoms with Gasteiger partial charge in [-0.15, -0.1) is 0 Å². The van der Waals surface area contributed by atoms with E-state index in [1.807, 2.05) is 0 Å². The molecule has 23 heavy (non-hydrogen) atoms. The van der Waals surface area contributed by atoms with E-state index in [4.69, 9.17) is 11.6 Å². The molecule has 1 N–H and O–H groups in total. The Morgan fingerprint density at radius 1 is 1.30 bits per heavy atom. The molecule has 0 fully saturated rings. The first-order valence-electron chi connectivity index (χ1n) is 7.00. The smallest absolute Gasteiger partial charge is 0.327 e. The summed E-state index contributed by atoms with van der Waals surface area (Å²) in [6, 6.07) is 8.85. The molecule has 0 radical (unpaired) electrons. The van der Waals surface area contributed by atoms with E-state index in [2.05, 4.69) is 6.07 Å². The normalized spacial score (nSPS) is 12.0. The predicted molar refractivity (Wildman–Crippen MR) is 87.4 cm³/mol. The Bertz CT molecular complexity index is 850. The van der Waals surface area contributed by atoms with E-state index in [9.17, 15) is 20.0 Å². The fourth-order valence-corrected chi connectivity index (χ4v) is 2.64. The highest BCUT2D eigenvalue weighted by Crippen LogP contribution is 2.26. The molecule has 1 atom stereocenters. The van der Waals surface area contributed by atoms with Crippen LogP contribution in [0.15, 0.2) is 41.3 Å². The van der Waals surface area contributed by atoms with E-state index < -0.39 is 17.6 Å². The number of hydrogen-bond donors (Lipinski definition) is 1. The second-order valence-corrected chi connectivity index (χ2v) is 5.93. The van der Waals surface area contributed by atoms with Crippen molar-refractivity contribution in [3.8, 4) is 17.2 Å². The number of benzene rings is 1. The fraction of sp³-hybridized carbons (Fsp3) is 0.235. The molecule has 1 aromatic heterocycles. The maximum absolute atomic E-state index is 12.3. The van der Waals surface area contributed by atoms with E-state index >= 15 is 0 Å².